The number of hydrogen-bond donors (Lipinski definition) is 2. The highest BCUT2D eigenvalue weighted by molar-refractivity contribution is 6.36. The lowest BCUT2D eigenvalue weighted by atomic mass is 9.67. The number of fused-ring (bicyclic) bond motifs is 3. The van der Waals surface area contributed by atoms with Gasteiger partial charge in [-0.15, -0.1) is 24.8 Å². The lowest BCUT2D eigenvalue weighted by Gasteiger charge is -2.45. The summed E-state index contributed by atoms with van der Waals surface area (Å²) >= 11 is 12.2. The summed E-state index contributed by atoms with van der Waals surface area (Å²) in [6.07, 6.45) is 9.41. The van der Waals surface area contributed by atoms with Crippen molar-refractivity contribution < 1.29 is 4.79 Å². The van der Waals surface area contributed by atoms with E-state index in [-0.39, 0.29) is 49.2 Å². The van der Waals surface area contributed by atoms with Gasteiger partial charge in [-0.2, -0.15) is 0 Å². The predicted octanol–water partition coefficient (Wildman–Crippen LogP) is 4.05. The van der Waals surface area contributed by atoms with Gasteiger partial charge in [0, 0.05) is 24.5 Å². The van der Waals surface area contributed by atoms with Gasteiger partial charge in [0.1, 0.15) is 0 Å². The molecule has 2 fully saturated rings. The molecule has 2 heterocycles. The van der Waals surface area contributed by atoms with Gasteiger partial charge in [-0.1, -0.05) is 29.6 Å². The van der Waals surface area contributed by atoms with Crippen molar-refractivity contribution in [2.75, 3.05) is 0 Å². The molecule has 9 heteroatoms. The summed E-state index contributed by atoms with van der Waals surface area (Å²) < 4.78 is 1.77. The SMILES string of the molecule is Cl.Cl.NC1CC2CCCC(C1)C2NC(=O)Cc1cn2cc(Cl)cc(Cl)c2n1. The minimum atomic E-state index is 0. The van der Waals surface area contributed by atoms with Crippen molar-refractivity contribution in [1.29, 1.82) is 0 Å². The van der Waals surface area contributed by atoms with Crippen molar-refractivity contribution in [3.63, 3.8) is 0 Å². The van der Waals surface area contributed by atoms with Gasteiger partial charge in [0.15, 0.2) is 5.65 Å². The zero-order valence-electron chi connectivity index (χ0n) is 14.7. The van der Waals surface area contributed by atoms with Gasteiger partial charge in [0.2, 0.25) is 5.91 Å². The maximum absolute atomic E-state index is 12.6. The van der Waals surface area contributed by atoms with Gasteiger partial charge >= 0.3 is 0 Å². The van der Waals surface area contributed by atoms with Gasteiger partial charge in [-0.25, -0.2) is 4.98 Å². The molecule has 1 amide bonds. The monoisotopic (exact) mass is 452 g/mol. The third kappa shape index (κ3) is 4.83. The lowest BCUT2D eigenvalue weighted by molar-refractivity contribution is -0.122. The molecule has 4 rings (SSSR count). The number of carbonyl (C=O) groups excluding carboxylic acids is 1. The van der Waals surface area contributed by atoms with Gasteiger partial charge in [-0.05, 0) is 43.6 Å². The van der Waals surface area contributed by atoms with Crippen LogP contribution in [0, 0.1) is 11.8 Å². The molecule has 150 valence electrons. The molecule has 0 aromatic carbocycles. The van der Waals surface area contributed by atoms with E-state index in [1.165, 1.54) is 6.42 Å². The van der Waals surface area contributed by atoms with Crippen molar-refractivity contribution in [1.82, 2.24) is 14.7 Å². The molecule has 0 aliphatic heterocycles. The number of rotatable bonds is 3. The number of aromatic nitrogens is 2. The Kier molecular flexibility index (Phi) is 7.68. The third-order valence-electron chi connectivity index (χ3n) is 5.57. The predicted molar refractivity (Wildman–Crippen MR) is 113 cm³/mol. The molecule has 2 unspecified atom stereocenters. The fourth-order valence-electron chi connectivity index (χ4n) is 4.59. The number of imidazole rings is 1. The minimum Gasteiger partial charge on any atom is -0.352 e. The molecule has 2 aromatic heterocycles. The van der Waals surface area contributed by atoms with Crippen LogP contribution < -0.4 is 11.1 Å². The van der Waals surface area contributed by atoms with Crippen LogP contribution in [0.4, 0.5) is 0 Å². The Morgan fingerprint density at radius 3 is 2.56 bits per heavy atom. The molecule has 5 nitrogen and oxygen atoms in total. The van der Waals surface area contributed by atoms with E-state index < -0.39 is 0 Å². The fourth-order valence-corrected chi connectivity index (χ4v) is 5.11. The van der Waals surface area contributed by atoms with Gasteiger partial charge < -0.3 is 15.5 Å². The maximum atomic E-state index is 12.6. The first-order valence-electron chi connectivity index (χ1n) is 8.87. The van der Waals surface area contributed by atoms with E-state index >= 15 is 0 Å². The Bertz CT molecular complexity index is 798. The number of nitrogens with one attached hydrogen (secondary N) is 1. The van der Waals surface area contributed by atoms with E-state index in [0.29, 0.717) is 33.2 Å². The van der Waals surface area contributed by atoms with Crippen LogP contribution in [0.5, 0.6) is 0 Å². The van der Waals surface area contributed by atoms with Crippen LogP contribution in [0.15, 0.2) is 18.5 Å². The van der Waals surface area contributed by atoms with E-state index in [9.17, 15) is 4.79 Å². The highest BCUT2D eigenvalue weighted by Crippen LogP contribution is 2.39. The van der Waals surface area contributed by atoms with E-state index in [4.69, 9.17) is 28.9 Å². The normalized spacial score (nSPS) is 26.8. The zero-order chi connectivity index (χ0) is 17.6. The largest absolute Gasteiger partial charge is 0.352 e. The van der Waals surface area contributed by atoms with Crippen LogP contribution in [0.2, 0.25) is 10.0 Å². The van der Waals surface area contributed by atoms with E-state index in [1.54, 1.807) is 16.7 Å². The Balaban J connectivity index is 0.00000131. The molecular weight excluding hydrogens is 430 g/mol. The van der Waals surface area contributed by atoms with Gasteiger partial charge in [0.05, 0.1) is 22.2 Å². The molecular formula is C18H24Cl4N4O. The van der Waals surface area contributed by atoms with Crippen molar-refractivity contribution in [2.24, 2.45) is 17.6 Å². The van der Waals surface area contributed by atoms with Crippen LogP contribution in [-0.2, 0) is 11.2 Å². The van der Waals surface area contributed by atoms with Gasteiger partial charge in [-0.3, -0.25) is 4.79 Å². The molecule has 2 aliphatic carbocycles. The average Bonchev–Trinajstić information content (AvgIpc) is 2.90. The molecule has 0 saturated heterocycles. The van der Waals surface area contributed by atoms with Crippen molar-refractivity contribution >= 4 is 59.6 Å². The average molecular weight is 454 g/mol. The summed E-state index contributed by atoms with van der Waals surface area (Å²) in [6, 6.07) is 2.20. The minimum absolute atomic E-state index is 0. The highest BCUT2D eigenvalue weighted by Gasteiger charge is 2.39. The Hall–Kier alpha value is -0.720. The Morgan fingerprint density at radius 2 is 1.89 bits per heavy atom. The number of hydrogen-bond acceptors (Lipinski definition) is 3. The molecule has 2 aromatic rings. The Morgan fingerprint density at radius 1 is 1.22 bits per heavy atom. The summed E-state index contributed by atoms with van der Waals surface area (Å²) in [5.74, 6) is 1.05. The standard InChI is InChI=1S/C18H22Cl2N4O.2ClH/c19-12-6-15(20)18-22-14(9-24(18)8-12)7-16(25)23-17-10-2-1-3-11(17)5-13(21)4-10;;/h6,8-11,13,17H,1-5,7,21H2,(H,23,25);2*1H. The second-order valence-corrected chi connectivity index (χ2v) is 8.27. The number of amides is 1. The van der Waals surface area contributed by atoms with Gasteiger partial charge in [0.25, 0.3) is 0 Å². The molecule has 0 radical (unpaired) electrons. The second-order valence-electron chi connectivity index (χ2n) is 7.42. The molecule has 2 aliphatic rings. The van der Waals surface area contributed by atoms with Crippen molar-refractivity contribution in [3.05, 3.63) is 34.2 Å². The highest BCUT2D eigenvalue weighted by atomic mass is 35.5. The topological polar surface area (TPSA) is 72.4 Å². The Labute approximate surface area is 181 Å². The number of nitrogens with two attached hydrogens (primary N) is 1. The quantitative estimate of drug-likeness (QED) is 0.736. The summed E-state index contributed by atoms with van der Waals surface area (Å²) in [5.41, 5.74) is 7.48. The molecule has 2 atom stereocenters. The van der Waals surface area contributed by atoms with E-state index in [0.717, 1.165) is 25.7 Å². The third-order valence-corrected chi connectivity index (χ3v) is 6.05. The first kappa shape index (κ1) is 22.6. The van der Waals surface area contributed by atoms with E-state index in [1.807, 2.05) is 6.20 Å². The summed E-state index contributed by atoms with van der Waals surface area (Å²) in [4.78, 5) is 17.0. The van der Waals surface area contributed by atoms with E-state index in [2.05, 4.69) is 10.3 Å². The molecule has 3 N–H and O–H groups in total. The lowest BCUT2D eigenvalue weighted by Crippen LogP contribution is -2.54. The molecule has 0 spiro atoms. The summed E-state index contributed by atoms with van der Waals surface area (Å²) in [5, 5.41) is 4.28. The molecule has 2 saturated carbocycles. The van der Waals surface area contributed by atoms with Crippen molar-refractivity contribution in [3.8, 4) is 0 Å². The first-order valence-corrected chi connectivity index (χ1v) is 9.63. The molecule has 27 heavy (non-hydrogen) atoms. The van der Waals surface area contributed by atoms with Crippen LogP contribution >= 0.6 is 48.0 Å². The fraction of sp³-hybridized carbons (Fsp3) is 0.556. The summed E-state index contributed by atoms with van der Waals surface area (Å²) in [7, 11) is 0. The second kappa shape index (κ2) is 9.19. The number of nitrogens with zero attached hydrogens (tertiary/aromatic N) is 2. The first-order chi connectivity index (χ1) is 12.0. The maximum Gasteiger partial charge on any atom is 0.226 e. The van der Waals surface area contributed by atoms with Crippen molar-refractivity contribution in [2.45, 2.75) is 50.6 Å². The smallest absolute Gasteiger partial charge is 0.226 e. The van der Waals surface area contributed by atoms with Crippen LogP contribution in [-0.4, -0.2) is 27.4 Å². The summed E-state index contributed by atoms with van der Waals surface area (Å²) in [6.45, 7) is 0. The zero-order valence-corrected chi connectivity index (χ0v) is 17.9. The van der Waals surface area contributed by atoms with Crippen LogP contribution in [0.1, 0.15) is 37.8 Å². The number of carbonyl (C=O) groups is 1. The van der Waals surface area contributed by atoms with Crippen LogP contribution in [0.25, 0.3) is 5.65 Å². The number of halogens is 4. The molecule has 2 bridgehead atoms. The number of pyridine rings is 1. The van der Waals surface area contributed by atoms with Crippen LogP contribution in [0.3, 0.4) is 0 Å².